The monoisotopic (exact) mass is 280 g/mol. The minimum absolute atomic E-state index is 0.252. The first kappa shape index (κ1) is 14.3. The third-order valence-electron chi connectivity index (χ3n) is 4.73. The van der Waals surface area contributed by atoms with Gasteiger partial charge in [-0.3, -0.25) is 4.98 Å². The molecule has 2 aromatic rings. The molecule has 0 amide bonds. The fraction of sp³-hybridized carbons (Fsp3) is 0.421. The van der Waals surface area contributed by atoms with E-state index in [1.807, 2.05) is 12.3 Å². The number of hydrogen-bond donors (Lipinski definition) is 1. The lowest BCUT2D eigenvalue weighted by Gasteiger charge is -2.42. The Morgan fingerprint density at radius 3 is 2.67 bits per heavy atom. The van der Waals surface area contributed by atoms with E-state index in [9.17, 15) is 0 Å². The first-order valence-corrected chi connectivity index (χ1v) is 7.83. The van der Waals surface area contributed by atoms with Crippen molar-refractivity contribution in [2.75, 3.05) is 0 Å². The molecule has 1 heterocycles. The summed E-state index contributed by atoms with van der Waals surface area (Å²) in [7, 11) is 0. The molecule has 0 spiro atoms. The quantitative estimate of drug-likeness (QED) is 0.898. The van der Waals surface area contributed by atoms with E-state index in [1.54, 1.807) is 0 Å². The number of pyridine rings is 1. The fourth-order valence-electron chi connectivity index (χ4n) is 3.35. The molecule has 0 bridgehead atoms. The standard InChI is InChI=1S/C19H24N2/c1-14(17-10-6-7-13-20-17)21-18-16-9-5-4-8-15(16)11-12-19(18,2)3/h4-10,13-14,18,21H,11-12H2,1-3H3/t14-,18?/m1/s1. The van der Waals surface area contributed by atoms with Gasteiger partial charge in [-0.25, -0.2) is 0 Å². The Balaban J connectivity index is 1.89. The second kappa shape index (κ2) is 5.61. The summed E-state index contributed by atoms with van der Waals surface area (Å²) in [6.45, 7) is 6.94. The molecule has 1 aromatic heterocycles. The van der Waals surface area contributed by atoms with Crippen LogP contribution in [0.1, 0.15) is 56.1 Å². The zero-order valence-corrected chi connectivity index (χ0v) is 13.1. The second-order valence-corrected chi connectivity index (χ2v) is 6.76. The van der Waals surface area contributed by atoms with Gasteiger partial charge in [-0.05, 0) is 48.4 Å². The van der Waals surface area contributed by atoms with Gasteiger partial charge in [0.1, 0.15) is 0 Å². The van der Waals surface area contributed by atoms with Gasteiger partial charge in [0.15, 0.2) is 0 Å². The first-order valence-electron chi connectivity index (χ1n) is 7.83. The zero-order valence-electron chi connectivity index (χ0n) is 13.1. The molecule has 1 unspecified atom stereocenters. The maximum absolute atomic E-state index is 4.49. The summed E-state index contributed by atoms with van der Waals surface area (Å²) in [5.41, 5.74) is 4.31. The summed E-state index contributed by atoms with van der Waals surface area (Å²) in [4.78, 5) is 4.49. The van der Waals surface area contributed by atoms with Crippen molar-refractivity contribution < 1.29 is 0 Å². The van der Waals surface area contributed by atoms with Gasteiger partial charge >= 0.3 is 0 Å². The summed E-state index contributed by atoms with van der Waals surface area (Å²) in [6, 6.07) is 15.6. The number of nitrogens with one attached hydrogen (secondary N) is 1. The maximum atomic E-state index is 4.49. The minimum atomic E-state index is 0.252. The molecule has 0 saturated heterocycles. The lowest BCUT2D eigenvalue weighted by atomic mass is 9.70. The van der Waals surface area contributed by atoms with Gasteiger partial charge in [-0.15, -0.1) is 0 Å². The van der Waals surface area contributed by atoms with Gasteiger partial charge in [0.2, 0.25) is 0 Å². The Kier molecular flexibility index (Phi) is 3.81. The Hall–Kier alpha value is -1.67. The molecule has 2 atom stereocenters. The molecule has 0 aliphatic heterocycles. The van der Waals surface area contributed by atoms with Crippen molar-refractivity contribution >= 4 is 0 Å². The average Bonchev–Trinajstić information content (AvgIpc) is 2.51. The molecular weight excluding hydrogens is 256 g/mol. The van der Waals surface area contributed by atoms with Crippen LogP contribution in [0.15, 0.2) is 48.7 Å². The van der Waals surface area contributed by atoms with E-state index in [4.69, 9.17) is 0 Å². The van der Waals surface area contributed by atoms with Crippen LogP contribution in [0.5, 0.6) is 0 Å². The average molecular weight is 280 g/mol. The molecule has 0 saturated carbocycles. The van der Waals surface area contributed by atoms with Crippen LogP contribution in [0.2, 0.25) is 0 Å². The van der Waals surface area contributed by atoms with Crippen LogP contribution < -0.4 is 5.32 Å². The van der Waals surface area contributed by atoms with Crippen molar-refractivity contribution in [3.8, 4) is 0 Å². The number of hydrogen-bond acceptors (Lipinski definition) is 2. The topological polar surface area (TPSA) is 24.9 Å². The Labute approximate surface area is 127 Å². The van der Waals surface area contributed by atoms with Crippen molar-refractivity contribution in [3.05, 3.63) is 65.5 Å². The number of nitrogens with zero attached hydrogens (tertiary/aromatic N) is 1. The lowest BCUT2D eigenvalue weighted by molar-refractivity contribution is 0.195. The highest BCUT2D eigenvalue weighted by Gasteiger charge is 2.36. The molecular formula is C19H24N2. The third-order valence-corrected chi connectivity index (χ3v) is 4.73. The first-order chi connectivity index (χ1) is 10.1. The zero-order chi connectivity index (χ0) is 14.9. The molecule has 0 radical (unpaired) electrons. The fourth-order valence-corrected chi connectivity index (χ4v) is 3.35. The number of rotatable bonds is 3. The molecule has 0 fully saturated rings. The van der Waals surface area contributed by atoms with Crippen LogP contribution >= 0.6 is 0 Å². The van der Waals surface area contributed by atoms with E-state index in [1.165, 1.54) is 24.0 Å². The van der Waals surface area contributed by atoms with Crippen molar-refractivity contribution in [2.45, 2.75) is 45.7 Å². The van der Waals surface area contributed by atoms with Crippen LogP contribution in [0, 0.1) is 5.41 Å². The number of fused-ring (bicyclic) bond motifs is 1. The lowest BCUT2D eigenvalue weighted by Crippen LogP contribution is -2.39. The molecule has 2 nitrogen and oxygen atoms in total. The molecule has 3 rings (SSSR count). The third kappa shape index (κ3) is 2.86. The van der Waals surface area contributed by atoms with E-state index in [0.29, 0.717) is 6.04 Å². The molecule has 2 heteroatoms. The predicted octanol–water partition coefficient (Wildman–Crippen LogP) is 4.45. The van der Waals surface area contributed by atoms with E-state index < -0.39 is 0 Å². The number of aryl methyl sites for hydroxylation is 1. The Morgan fingerprint density at radius 1 is 1.14 bits per heavy atom. The van der Waals surface area contributed by atoms with Crippen LogP contribution in [-0.2, 0) is 6.42 Å². The largest absolute Gasteiger partial charge is 0.301 e. The van der Waals surface area contributed by atoms with Gasteiger partial charge in [0.25, 0.3) is 0 Å². The predicted molar refractivity (Wildman–Crippen MR) is 87.1 cm³/mol. The Bertz CT molecular complexity index is 604. The van der Waals surface area contributed by atoms with E-state index in [-0.39, 0.29) is 11.5 Å². The number of benzene rings is 1. The SMILES string of the molecule is C[C@@H](NC1c2ccccc2CCC1(C)C)c1ccccn1. The Morgan fingerprint density at radius 2 is 1.90 bits per heavy atom. The van der Waals surface area contributed by atoms with Crippen LogP contribution in [0.3, 0.4) is 0 Å². The summed E-state index contributed by atoms with van der Waals surface area (Å²) < 4.78 is 0. The van der Waals surface area contributed by atoms with E-state index in [0.717, 1.165) is 5.69 Å². The van der Waals surface area contributed by atoms with Crippen molar-refractivity contribution in [2.24, 2.45) is 5.41 Å². The smallest absolute Gasteiger partial charge is 0.0570 e. The van der Waals surface area contributed by atoms with Crippen molar-refractivity contribution in [3.63, 3.8) is 0 Å². The highest BCUT2D eigenvalue weighted by molar-refractivity contribution is 5.34. The molecule has 21 heavy (non-hydrogen) atoms. The molecule has 1 aliphatic rings. The van der Waals surface area contributed by atoms with Crippen LogP contribution in [-0.4, -0.2) is 4.98 Å². The normalized spacial score (nSPS) is 21.6. The van der Waals surface area contributed by atoms with Crippen molar-refractivity contribution in [1.29, 1.82) is 0 Å². The maximum Gasteiger partial charge on any atom is 0.0570 e. The second-order valence-electron chi connectivity index (χ2n) is 6.76. The van der Waals surface area contributed by atoms with Gasteiger partial charge < -0.3 is 5.32 Å². The van der Waals surface area contributed by atoms with Gasteiger partial charge in [-0.2, -0.15) is 0 Å². The minimum Gasteiger partial charge on any atom is -0.301 e. The molecule has 1 aliphatic carbocycles. The molecule has 1 aromatic carbocycles. The molecule has 1 N–H and O–H groups in total. The van der Waals surface area contributed by atoms with E-state index in [2.05, 4.69) is 67.5 Å². The number of aromatic nitrogens is 1. The van der Waals surface area contributed by atoms with E-state index >= 15 is 0 Å². The van der Waals surface area contributed by atoms with Gasteiger partial charge in [0.05, 0.1) is 5.69 Å². The highest BCUT2D eigenvalue weighted by Crippen LogP contribution is 2.44. The molecule has 110 valence electrons. The summed E-state index contributed by atoms with van der Waals surface area (Å²) >= 11 is 0. The summed E-state index contributed by atoms with van der Waals surface area (Å²) in [5, 5.41) is 3.82. The summed E-state index contributed by atoms with van der Waals surface area (Å²) in [6.07, 6.45) is 4.27. The van der Waals surface area contributed by atoms with Crippen LogP contribution in [0.4, 0.5) is 0 Å². The van der Waals surface area contributed by atoms with Crippen LogP contribution in [0.25, 0.3) is 0 Å². The van der Waals surface area contributed by atoms with Gasteiger partial charge in [-0.1, -0.05) is 44.2 Å². The van der Waals surface area contributed by atoms with Gasteiger partial charge in [0, 0.05) is 18.3 Å². The van der Waals surface area contributed by atoms with Crippen molar-refractivity contribution in [1.82, 2.24) is 10.3 Å². The summed E-state index contributed by atoms with van der Waals surface area (Å²) in [5.74, 6) is 0. The highest BCUT2D eigenvalue weighted by atomic mass is 15.0.